The van der Waals surface area contributed by atoms with E-state index in [1.807, 2.05) is 35.1 Å². The van der Waals surface area contributed by atoms with Crippen molar-refractivity contribution in [2.24, 2.45) is 0 Å². The van der Waals surface area contributed by atoms with Gasteiger partial charge in [0.1, 0.15) is 5.82 Å². The highest BCUT2D eigenvalue weighted by Crippen LogP contribution is 2.22. The number of imidazole rings is 1. The Morgan fingerprint density at radius 1 is 1.00 bits per heavy atom. The van der Waals surface area contributed by atoms with Crippen molar-refractivity contribution >= 4 is 11.5 Å². The monoisotopic (exact) mass is 265 g/mol. The number of rotatable bonds is 2. The van der Waals surface area contributed by atoms with Crippen LogP contribution in [0.3, 0.4) is 0 Å². The van der Waals surface area contributed by atoms with Crippen LogP contribution in [-0.2, 0) is 0 Å². The zero-order valence-corrected chi connectivity index (χ0v) is 11.1. The molecule has 1 saturated heterocycles. The Morgan fingerprint density at radius 3 is 2.70 bits per heavy atom. The first-order valence-corrected chi connectivity index (χ1v) is 6.92. The highest BCUT2D eigenvalue weighted by molar-refractivity contribution is 5.62. The molecular weight excluding hydrogens is 250 g/mol. The lowest BCUT2D eigenvalue weighted by atomic mass is 10.2. The third-order valence-corrected chi connectivity index (χ3v) is 3.74. The third kappa shape index (κ3) is 1.82. The van der Waals surface area contributed by atoms with E-state index in [-0.39, 0.29) is 0 Å². The molecule has 0 bridgehead atoms. The molecule has 4 rings (SSSR count). The number of fused-ring (bicyclic) bond motifs is 1. The van der Waals surface area contributed by atoms with E-state index in [0.717, 1.165) is 35.8 Å². The summed E-state index contributed by atoms with van der Waals surface area (Å²) in [5.41, 5.74) is 2.88. The smallest absolute Gasteiger partial charge is 0.154 e. The molecule has 4 heterocycles. The fourth-order valence-electron chi connectivity index (χ4n) is 2.69. The molecule has 0 amide bonds. The molecule has 3 aromatic heterocycles. The number of pyridine rings is 1. The van der Waals surface area contributed by atoms with Gasteiger partial charge in [0.05, 0.1) is 11.9 Å². The van der Waals surface area contributed by atoms with Crippen LogP contribution in [0.4, 0.5) is 5.82 Å². The fraction of sp³-hybridized carbons (Fsp3) is 0.267. The number of aromatic nitrogens is 4. The minimum atomic E-state index is 0.867. The van der Waals surface area contributed by atoms with Crippen molar-refractivity contribution < 1.29 is 0 Å². The summed E-state index contributed by atoms with van der Waals surface area (Å²) in [5.74, 6) is 1.03. The molecule has 1 aliphatic rings. The summed E-state index contributed by atoms with van der Waals surface area (Å²) in [6.07, 6.45) is 7.97. The molecule has 0 radical (unpaired) electrons. The Bertz CT molecular complexity index is 728. The summed E-state index contributed by atoms with van der Waals surface area (Å²) in [6, 6.07) is 8.04. The molecule has 5 nitrogen and oxygen atoms in total. The number of hydrogen-bond acceptors (Lipinski definition) is 4. The molecule has 100 valence electrons. The van der Waals surface area contributed by atoms with Crippen molar-refractivity contribution in [2.45, 2.75) is 12.8 Å². The Hall–Kier alpha value is -2.43. The Labute approximate surface area is 116 Å². The van der Waals surface area contributed by atoms with Gasteiger partial charge in [-0.1, -0.05) is 0 Å². The van der Waals surface area contributed by atoms with E-state index in [2.05, 4.69) is 20.9 Å². The highest BCUT2D eigenvalue weighted by Gasteiger charge is 2.15. The maximum atomic E-state index is 4.75. The van der Waals surface area contributed by atoms with Crippen LogP contribution in [-0.4, -0.2) is 32.7 Å². The average Bonchev–Trinajstić information content (AvgIpc) is 3.17. The molecule has 3 aromatic rings. The van der Waals surface area contributed by atoms with Crippen molar-refractivity contribution in [2.75, 3.05) is 18.0 Å². The van der Waals surface area contributed by atoms with Crippen molar-refractivity contribution in [3.8, 4) is 11.3 Å². The molecule has 0 unspecified atom stereocenters. The molecule has 1 aliphatic heterocycles. The zero-order valence-electron chi connectivity index (χ0n) is 11.1. The van der Waals surface area contributed by atoms with E-state index in [0.29, 0.717) is 0 Å². The van der Waals surface area contributed by atoms with Crippen molar-refractivity contribution in [3.63, 3.8) is 0 Å². The highest BCUT2D eigenvalue weighted by atomic mass is 15.3. The molecule has 1 fully saturated rings. The SMILES string of the molecule is c1cncc(-c2cnc3ccc(N4CCCC4)nn23)c1. The molecule has 0 aliphatic carbocycles. The van der Waals surface area contributed by atoms with Crippen molar-refractivity contribution in [1.82, 2.24) is 19.6 Å². The molecule has 5 heteroatoms. The first-order valence-electron chi connectivity index (χ1n) is 6.92. The summed E-state index contributed by atoms with van der Waals surface area (Å²) in [7, 11) is 0. The first kappa shape index (κ1) is 11.4. The Kier molecular flexibility index (Phi) is 2.62. The molecule has 20 heavy (non-hydrogen) atoms. The Morgan fingerprint density at radius 2 is 1.90 bits per heavy atom. The van der Waals surface area contributed by atoms with E-state index >= 15 is 0 Å². The van der Waals surface area contributed by atoms with Crippen LogP contribution in [0, 0.1) is 0 Å². The molecule has 0 saturated carbocycles. The van der Waals surface area contributed by atoms with E-state index in [1.54, 1.807) is 6.20 Å². The number of hydrogen-bond donors (Lipinski definition) is 0. The van der Waals surface area contributed by atoms with E-state index in [4.69, 9.17) is 5.10 Å². The van der Waals surface area contributed by atoms with Gasteiger partial charge in [-0.3, -0.25) is 4.98 Å². The largest absolute Gasteiger partial charge is 0.355 e. The topological polar surface area (TPSA) is 46.3 Å². The second-order valence-electron chi connectivity index (χ2n) is 5.04. The van der Waals surface area contributed by atoms with Gasteiger partial charge in [-0.15, -0.1) is 5.10 Å². The maximum Gasteiger partial charge on any atom is 0.154 e. The maximum absolute atomic E-state index is 4.75. The predicted octanol–water partition coefficient (Wildman–Crippen LogP) is 2.39. The Balaban J connectivity index is 1.84. The van der Waals surface area contributed by atoms with Crippen LogP contribution >= 0.6 is 0 Å². The lowest BCUT2D eigenvalue weighted by Crippen LogP contribution is -2.19. The quantitative estimate of drug-likeness (QED) is 0.713. The second-order valence-corrected chi connectivity index (χ2v) is 5.04. The molecule has 0 N–H and O–H groups in total. The fourth-order valence-corrected chi connectivity index (χ4v) is 2.69. The van der Waals surface area contributed by atoms with Gasteiger partial charge in [0.2, 0.25) is 0 Å². The normalized spacial score (nSPS) is 15.1. The summed E-state index contributed by atoms with van der Waals surface area (Å²) in [5, 5.41) is 4.75. The van der Waals surface area contributed by atoms with E-state index in [9.17, 15) is 0 Å². The molecule has 0 spiro atoms. The summed E-state index contributed by atoms with van der Waals surface area (Å²) < 4.78 is 1.91. The van der Waals surface area contributed by atoms with Gasteiger partial charge >= 0.3 is 0 Å². The lowest BCUT2D eigenvalue weighted by molar-refractivity contribution is 0.863. The van der Waals surface area contributed by atoms with Crippen LogP contribution < -0.4 is 4.90 Å². The second kappa shape index (κ2) is 4.59. The van der Waals surface area contributed by atoms with Crippen molar-refractivity contribution in [3.05, 3.63) is 42.9 Å². The third-order valence-electron chi connectivity index (χ3n) is 3.74. The zero-order chi connectivity index (χ0) is 13.4. The number of nitrogens with zero attached hydrogens (tertiary/aromatic N) is 5. The summed E-state index contributed by atoms with van der Waals surface area (Å²) in [6.45, 7) is 2.19. The number of anilines is 1. The van der Waals surface area contributed by atoms with Crippen LogP contribution in [0.2, 0.25) is 0 Å². The first-order chi connectivity index (χ1) is 9.92. The molecule has 0 aromatic carbocycles. The van der Waals surface area contributed by atoms with Crippen molar-refractivity contribution in [1.29, 1.82) is 0 Å². The average molecular weight is 265 g/mol. The summed E-state index contributed by atoms with van der Waals surface area (Å²) >= 11 is 0. The molecule has 0 atom stereocenters. The summed E-state index contributed by atoms with van der Waals surface area (Å²) in [4.78, 5) is 10.9. The van der Waals surface area contributed by atoms with E-state index < -0.39 is 0 Å². The van der Waals surface area contributed by atoms with Gasteiger partial charge in [-0.2, -0.15) is 0 Å². The standard InChI is InChI=1S/C15H15N5/c1-2-9-19(8-1)15-6-5-14-17-11-13(20(14)18-15)12-4-3-7-16-10-12/h3-7,10-11H,1-2,8-9H2. The minimum Gasteiger partial charge on any atom is -0.355 e. The molecular formula is C15H15N5. The van der Waals surface area contributed by atoms with Crippen LogP contribution in [0.1, 0.15) is 12.8 Å². The van der Waals surface area contributed by atoms with Crippen LogP contribution in [0.25, 0.3) is 16.9 Å². The van der Waals surface area contributed by atoms with Crippen LogP contribution in [0.15, 0.2) is 42.9 Å². The van der Waals surface area contributed by atoms with Gasteiger partial charge < -0.3 is 4.90 Å². The predicted molar refractivity (Wildman–Crippen MR) is 77.7 cm³/mol. The van der Waals surface area contributed by atoms with E-state index in [1.165, 1.54) is 12.8 Å². The van der Waals surface area contributed by atoms with Gasteiger partial charge in [-0.25, -0.2) is 9.50 Å². The lowest BCUT2D eigenvalue weighted by Gasteiger charge is -2.16. The van der Waals surface area contributed by atoms with Gasteiger partial charge in [0.15, 0.2) is 5.65 Å². The van der Waals surface area contributed by atoms with Gasteiger partial charge in [0, 0.05) is 31.0 Å². The van der Waals surface area contributed by atoms with Gasteiger partial charge in [-0.05, 0) is 37.1 Å². The van der Waals surface area contributed by atoms with Gasteiger partial charge in [0.25, 0.3) is 0 Å². The van der Waals surface area contributed by atoms with Crippen LogP contribution in [0.5, 0.6) is 0 Å². The minimum absolute atomic E-state index is 0.867.